The van der Waals surface area contributed by atoms with Gasteiger partial charge in [-0.25, -0.2) is 4.79 Å². The molecule has 0 spiro atoms. The summed E-state index contributed by atoms with van der Waals surface area (Å²) in [6.45, 7) is 2.29. The van der Waals surface area contributed by atoms with Gasteiger partial charge in [0.15, 0.2) is 0 Å². The summed E-state index contributed by atoms with van der Waals surface area (Å²) in [6, 6.07) is 1.57. The van der Waals surface area contributed by atoms with Gasteiger partial charge >= 0.3 is 5.97 Å². The molecular formula is C14H21ClN2O5. The monoisotopic (exact) mass is 332 g/mol. The summed E-state index contributed by atoms with van der Waals surface area (Å²) in [5.41, 5.74) is 5.87. The second-order valence-corrected chi connectivity index (χ2v) is 4.95. The number of ether oxygens (including phenoxy) is 2. The van der Waals surface area contributed by atoms with E-state index < -0.39 is 12.1 Å². The maximum Gasteiger partial charge on any atom is 0.341 e. The van der Waals surface area contributed by atoms with Crippen molar-refractivity contribution >= 4 is 24.3 Å². The fourth-order valence-electron chi connectivity index (χ4n) is 2.30. The third-order valence-electron chi connectivity index (χ3n) is 3.47. The first-order valence-electron chi connectivity index (χ1n) is 6.86. The number of nitrogens with two attached hydrogens (primary N) is 1. The largest absolute Gasteiger partial charge is 0.465 e. The lowest BCUT2D eigenvalue weighted by atomic mass is 10.2. The van der Waals surface area contributed by atoms with Crippen molar-refractivity contribution in [3.8, 4) is 0 Å². The molecule has 1 amide bonds. The molecular weight excluding hydrogens is 312 g/mol. The Bertz CT molecular complexity index is 531. The van der Waals surface area contributed by atoms with E-state index in [9.17, 15) is 9.59 Å². The molecule has 0 radical (unpaired) electrons. The van der Waals surface area contributed by atoms with Crippen LogP contribution in [0.3, 0.4) is 0 Å². The van der Waals surface area contributed by atoms with E-state index in [1.807, 2.05) is 0 Å². The zero-order valence-corrected chi connectivity index (χ0v) is 13.4. The number of nitrogens with one attached hydrogen (secondary N) is 1. The number of amides is 1. The van der Waals surface area contributed by atoms with Crippen LogP contribution < -0.4 is 11.1 Å². The smallest absolute Gasteiger partial charge is 0.341 e. The van der Waals surface area contributed by atoms with Crippen LogP contribution in [-0.4, -0.2) is 37.7 Å². The molecule has 8 heteroatoms. The zero-order chi connectivity index (χ0) is 15.4. The van der Waals surface area contributed by atoms with Gasteiger partial charge in [0.05, 0.1) is 19.8 Å². The lowest BCUT2D eigenvalue weighted by molar-refractivity contribution is -0.132. The molecule has 2 atom stereocenters. The molecule has 1 saturated heterocycles. The number of halogens is 1. The van der Waals surface area contributed by atoms with Crippen LogP contribution in [-0.2, 0) is 20.8 Å². The highest BCUT2D eigenvalue weighted by Gasteiger charge is 2.29. The second-order valence-electron chi connectivity index (χ2n) is 4.95. The molecule has 1 aliphatic heterocycles. The fraction of sp³-hybridized carbons (Fsp3) is 0.571. The average molecular weight is 333 g/mol. The number of carbonyl (C=O) groups excluding carboxylic acids is 2. The SMILES string of the molecule is COC(=O)c1cc(CNC(=O)[C@@H]2CC[C@H](CN)O2)oc1C.Cl. The van der Waals surface area contributed by atoms with Gasteiger partial charge in [0.25, 0.3) is 0 Å². The molecule has 1 aliphatic rings. The molecule has 0 aromatic carbocycles. The van der Waals surface area contributed by atoms with Crippen LogP contribution in [0.25, 0.3) is 0 Å². The molecule has 22 heavy (non-hydrogen) atoms. The van der Waals surface area contributed by atoms with E-state index in [1.165, 1.54) is 7.11 Å². The van der Waals surface area contributed by atoms with Crippen molar-refractivity contribution in [2.75, 3.05) is 13.7 Å². The molecule has 1 aromatic heterocycles. The summed E-state index contributed by atoms with van der Waals surface area (Å²) in [7, 11) is 1.31. The van der Waals surface area contributed by atoms with Crippen LogP contribution in [0, 0.1) is 6.92 Å². The summed E-state index contributed by atoms with van der Waals surface area (Å²) in [5.74, 6) is 0.305. The lowest BCUT2D eigenvalue weighted by Crippen LogP contribution is -2.35. The van der Waals surface area contributed by atoms with Crippen LogP contribution in [0.1, 0.15) is 34.7 Å². The van der Waals surface area contributed by atoms with Gasteiger partial charge in [-0.15, -0.1) is 12.4 Å². The predicted octanol–water partition coefficient (Wildman–Crippen LogP) is 0.919. The normalized spacial score (nSPS) is 20.3. The highest BCUT2D eigenvalue weighted by Crippen LogP contribution is 2.19. The average Bonchev–Trinajstić information content (AvgIpc) is 3.10. The van der Waals surface area contributed by atoms with Gasteiger partial charge in [0.1, 0.15) is 23.2 Å². The van der Waals surface area contributed by atoms with Crippen LogP contribution >= 0.6 is 12.4 Å². The van der Waals surface area contributed by atoms with Gasteiger partial charge in [0.2, 0.25) is 5.91 Å². The van der Waals surface area contributed by atoms with E-state index in [0.717, 1.165) is 6.42 Å². The number of hydrogen-bond acceptors (Lipinski definition) is 6. The summed E-state index contributed by atoms with van der Waals surface area (Å²) in [5, 5.41) is 2.73. The molecule has 0 aliphatic carbocycles. The number of methoxy groups -OCH3 is 1. The third kappa shape index (κ3) is 4.22. The van der Waals surface area contributed by atoms with Crippen LogP contribution in [0.15, 0.2) is 10.5 Å². The number of aryl methyl sites for hydroxylation is 1. The van der Waals surface area contributed by atoms with Crippen molar-refractivity contribution in [1.29, 1.82) is 0 Å². The molecule has 0 bridgehead atoms. The molecule has 124 valence electrons. The van der Waals surface area contributed by atoms with E-state index in [1.54, 1.807) is 13.0 Å². The Morgan fingerprint density at radius 3 is 2.77 bits per heavy atom. The van der Waals surface area contributed by atoms with Crippen LogP contribution in [0.5, 0.6) is 0 Å². The van der Waals surface area contributed by atoms with Gasteiger partial charge in [-0.05, 0) is 25.8 Å². The highest BCUT2D eigenvalue weighted by atomic mass is 35.5. The number of esters is 1. The minimum absolute atomic E-state index is 0. The van der Waals surface area contributed by atoms with E-state index in [0.29, 0.717) is 30.0 Å². The fourth-order valence-corrected chi connectivity index (χ4v) is 2.30. The zero-order valence-electron chi connectivity index (χ0n) is 12.6. The van der Waals surface area contributed by atoms with Crippen LogP contribution in [0.4, 0.5) is 0 Å². The lowest BCUT2D eigenvalue weighted by Gasteiger charge is -2.11. The van der Waals surface area contributed by atoms with Gasteiger partial charge in [-0.1, -0.05) is 0 Å². The quantitative estimate of drug-likeness (QED) is 0.777. The summed E-state index contributed by atoms with van der Waals surface area (Å²) in [6.07, 6.45) is 0.950. The molecule has 3 N–H and O–H groups in total. The topological polar surface area (TPSA) is 104 Å². The molecule has 0 unspecified atom stereocenters. The summed E-state index contributed by atoms with van der Waals surface area (Å²) >= 11 is 0. The Hall–Kier alpha value is -1.57. The molecule has 0 saturated carbocycles. The predicted molar refractivity (Wildman–Crippen MR) is 80.8 cm³/mol. The number of rotatable bonds is 5. The van der Waals surface area contributed by atoms with Crippen molar-refractivity contribution in [2.45, 2.75) is 38.5 Å². The minimum Gasteiger partial charge on any atom is -0.465 e. The van der Waals surface area contributed by atoms with Crippen molar-refractivity contribution in [3.05, 3.63) is 23.2 Å². The maximum atomic E-state index is 12.0. The Labute approximate surface area is 134 Å². The first kappa shape index (κ1) is 18.5. The second kappa shape index (κ2) is 8.17. The van der Waals surface area contributed by atoms with Crippen molar-refractivity contribution in [2.24, 2.45) is 5.73 Å². The van der Waals surface area contributed by atoms with E-state index in [2.05, 4.69) is 10.1 Å². The molecule has 1 fully saturated rings. The van der Waals surface area contributed by atoms with E-state index in [4.69, 9.17) is 14.9 Å². The van der Waals surface area contributed by atoms with Gasteiger partial charge in [0, 0.05) is 6.54 Å². The molecule has 1 aromatic rings. The first-order valence-corrected chi connectivity index (χ1v) is 6.86. The van der Waals surface area contributed by atoms with Gasteiger partial charge in [-0.3, -0.25) is 4.79 Å². The summed E-state index contributed by atoms with van der Waals surface area (Å²) < 4.78 is 15.6. The Morgan fingerprint density at radius 1 is 1.45 bits per heavy atom. The van der Waals surface area contributed by atoms with Crippen LogP contribution in [0.2, 0.25) is 0 Å². The van der Waals surface area contributed by atoms with Crippen molar-refractivity contribution < 1.29 is 23.5 Å². The maximum absolute atomic E-state index is 12.0. The third-order valence-corrected chi connectivity index (χ3v) is 3.47. The van der Waals surface area contributed by atoms with Crippen molar-refractivity contribution in [3.63, 3.8) is 0 Å². The highest BCUT2D eigenvalue weighted by molar-refractivity contribution is 5.90. The Morgan fingerprint density at radius 2 is 2.18 bits per heavy atom. The Balaban J connectivity index is 0.00000242. The number of hydrogen-bond donors (Lipinski definition) is 2. The Kier molecular flexibility index (Phi) is 6.86. The molecule has 2 heterocycles. The first-order chi connectivity index (χ1) is 10.0. The van der Waals surface area contributed by atoms with Gasteiger partial charge in [-0.2, -0.15) is 0 Å². The molecule has 7 nitrogen and oxygen atoms in total. The summed E-state index contributed by atoms with van der Waals surface area (Å²) in [4.78, 5) is 23.4. The number of furan rings is 1. The standard InChI is InChI=1S/C14H20N2O5.ClH/c1-8-11(14(18)19-2)5-10(20-8)7-16-13(17)12-4-3-9(6-15)21-12;/h5,9,12H,3-4,6-7,15H2,1-2H3,(H,16,17);1H/t9-,12+;/m1./s1. The number of carbonyl (C=O) groups is 2. The minimum atomic E-state index is -0.463. The molecule has 2 rings (SSSR count). The van der Waals surface area contributed by atoms with E-state index in [-0.39, 0.29) is 31.0 Å². The van der Waals surface area contributed by atoms with Crippen molar-refractivity contribution in [1.82, 2.24) is 5.32 Å². The van der Waals surface area contributed by atoms with Gasteiger partial charge < -0.3 is 24.9 Å². The van der Waals surface area contributed by atoms with E-state index >= 15 is 0 Å².